The minimum Gasteiger partial charge on any atom is -0.340 e. The molecule has 2 rings (SSSR count). The Bertz CT molecular complexity index is 399. The first-order chi connectivity index (χ1) is 9.59. The van der Waals surface area contributed by atoms with Crippen molar-refractivity contribution in [1.29, 1.82) is 0 Å². The highest BCUT2D eigenvalue weighted by atomic mass is 16.7. The van der Waals surface area contributed by atoms with Gasteiger partial charge in [0.05, 0.1) is 6.61 Å². The van der Waals surface area contributed by atoms with Gasteiger partial charge in [-0.3, -0.25) is 19.2 Å². The van der Waals surface area contributed by atoms with Crippen LogP contribution in [0.25, 0.3) is 0 Å². The lowest BCUT2D eigenvalue weighted by Crippen LogP contribution is -2.50. The highest BCUT2D eigenvalue weighted by Gasteiger charge is 2.30. The summed E-state index contributed by atoms with van der Waals surface area (Å²) in [6.45, 7) is 1.51. The van der Waals surface area contributed by atoms with Crippen LogP contribution in [0.15, 0.2) is 0 Å². The van der Waals surface area contributed by atoms with E-state index in [2.05, 4.69) is 5.48 Å². The summed E-state index contributed by atoms with van der Waals surface area (Å²) in [5.41, 5.74) is 2.37. The summed E-state index contributed by atoms with van der Waals surface area (Å²) in [5.74, 6) is -0.176. The number of nitrogens with one attached hydrogen (secondary N) is 1. The summed E-state index contributed by atoms with van der Waals surface area (Å²) in [6, 6.07) is -0.454. The van der Waals surface area contributed by atoms with Crippen LogP contribution in [0, 0.1) is 0 Å². The Balaban J connectivity index is 1.67. The third kappa shape index (κ3) is 3.47. The van der Waals surface area contributed by atoms with Gasteiger partial charge in [-0.05, 0) is 19.3 Å². The lowest BCUT2D eigenvalue weighted by Gasteiger charge is -2.31. The van der Waals surface area contributed by atoms with Gasteiger partial charge in [-0.2, -0.15) is 0 Å². The molecular formula is C13H21N3O4. The molecule has 7 nitrogen and oxygen atoms in total. The van der Waals surface area contributed by atoms with E-state index in [0.29, 0.717) is 25.8 Å². The van der Waals surface area contributed by atoms with Crippen LogP contribution in [0.3, 0.4) is 0 Å². The van der Waals surface area contributed by atoms with Crippen LogP contribution in [0.2, 0.25) is 0 Å². The number of piperidine rings is 1. The predicted octanol–water partition coefficient (Wildman–Crippen LogP) is -0.332. The van der Waals surface area contributed by atoms with E-state index in [-0.39, 0.29) is 24.3 Å². The fourth-order valence-corrected chi connectivity index (χ4v) is 2.58. The molecule has 112 valence electrons. The summed E-state index contributed by atoms with van der Waals surface area (Å²) in [7, 11) is 1.63. The van der Waals surface area contributed by atoms with Crippen LogP contribution >= 0.6 is 0 Å². The molecule has 0 aromatic carbocycles. The Morgan fingerprint density at radius 3 is 2.75 bits per heavy atom. The van der Waals surface area contributed by atoms with Gasteiger partial charge in [0, 0.05) is 33.0 Å². The topological polar surface area (TPSA) is 79.0 Å². The first kappa shape index (κ1) is 14.8. The average molecular weight is 283 g/mol. The van der Waals surface area contributed by atoms with Crippen molar-refractivity contribution in [3.63, 3.8) is 0 Å². The van der Waals surface area contributed by atoms with E-state index >= 15 is 0 Å². The second-order valence-electron chi connectivity index (χ2n) is 5.21. The summed E-state index contributed by atoms with van der Waals surface area (Å²) in [6.07, 6.45) is 3.37. The Morgan fingerprint density at radius 2 is 2.05 bits per heavy atom. The fraction of sp³-hybridized carbons (Fsp3) is 0.769. The number of likely N-dealkylation sites (tertiary alicyclic amines) is 2. The van der Waals surface area contributed by atoms with Crippen molar-refractivity contribution >= 4 is 17.7 Å². The standard InChI is InChI=1S/C13H21N3O4/c1-15-10(4-2-5-11(15)17)13(19)14-20-9-8-16-7-3-6-12(16)18/h10H,2-9H2,1H3,(H,14,19). The molecule has 3 amide bonds. The van der Waals surface area contributed by atoms with E-state index in [0.717, 1.165) is 19.4 Å². The third-order valence-electron chi connectivity index (χ3n) is 3.84. The Hall–Kier alpha value is -1.63. The number of amides is 3. The molecule has 0 aromatic heterocycles. The van der Waals surface area contributed by atoms with Gasteiger partial charge in [-0.25, -0.2) is 5.48 Å². The number of hydrogen-bond donors (Lipinski definition) is 1. The van der Waals surface area contributed by atoms with Gasteiger partial charge in [0.1, 0.15) is 6.04 Å². The molecule has 1 atom stereocenters. The molecule has 2 fully saturated rings. The molecule has 2 aliphatic heterocycles. The predicted molar refractivity (Wildman–Crippen MR) is 70.3 cm³/mol. The molecule has 0 spiro atoms. The second kappa shape index (κ2) is 6.69. The van der Waals surface area contributed by atoms with Crippen LogP contribution in [0.5, 0.6) is 0 Å². The molecule has 20 heavy (non-hydrogen) atoms. The van der Waals surface area contributed by atoms with Gasteiger partial charge < -0.3 is 9.80 Å². The van der Waals surface area contributed by atoms with Gasteiger partial charge >= 0.3 is 0 Å². The molecular weight excluding hydrogens is 262 g/mol. The highest BCUT2D eigenvalue weighted by molar-refractivity contribution is 5.88. The zero-order valence-electron chi connectivity index (χ0n) is 11.8. The van der Waals surface area contributed by atoms with Gasteiger partial charge in [-0.1, -0.05) is 0 Å². The van der Waals surface area contributed by atoms with E-state index in [9.17, 15) is 14.4 Å². The SMILES string of the molecule is CN1C(=O)CCCC1C(=O)NOCCN1CCCC1=O. The molecule has 2 aliphatic rings. The maximum atomic E-state index is 11.9. The van der Waals surface area contributed by atoms with Crippen molar-refractivity contribution < 1.29 is 19.2 Å². The second-order valence-corrected chi connectivity index (χ2v) is 5.21. The molecule has 7 heteroatoms. The van der Waals surface area contributed by atoms with E-state index in [1.165, 1.54) is 4.90 Å². The summed E-state index contributed by atoms with van der Waals surface area (Å²) in [5, 5.41) is 0. The van der Waals surface area contributed by atoms with Crippen LogP contribution in [-0.4, -0.2) is 60.3 Å². The number of carbonyl (C=O) groups is 3. The van der Waals surface area contributed by atoms with E-state index in [4.69, 9.17) is 4.84 Å². The van der Waals surface area contributed by atoms with Crippen molar-refractivity contribution in [3.8, 4) is 0 Å². The van der Waals surface area contributed by atoms with Crippen LogP contribution in [0.4, 0.5) is 0 Å². The smallest absolute Gasteiger partial charge is 0.266 e. The third-order valence-corrected chi connectivity index (χ3v) is 3.84. The maximum Gasteiger partial charge on any atom is 0.266 e. The molecule has 2 saturated heterocycles. The number of rotatable bonds is 5. The first-order valence-electron chi connectivity index (χ1n) is 7.04. The average Bonchev–Trinajstić information content (AvgIpc) is 2.83. The van der Waals surface area contributed by atoms with Crippen molar-refractivity contribution in [3.05, 3.63) is 0 Å². The molecule has 0 bridgehead atoms. The van der Waals surface area contributed by atoms with Gasteiger partial charge in [0.25, 0.3) is 5.91 Å². The van der Waals surface area contributed by atoms with Crippen LogP contribution in [0.1, 0.15) is 32.1 Å². The zero-order chi connectivity index (χ0) is 14.5. The molecule has 1 unspecified atom stereocenters. The number of hydrogen-bond acceptors (Lipinski definition) is 4. The fourth-order valence-electron chi connectivity index (χ4n) is 2.58. The number of carbonyl (C=O) groups excluding carboxylic acids is 3. The molecule has 0 radical (unpaired) electrons. The van der Waals surface area contributed by atoms with Gasteiger partial charge in [-0.15, -0.1) is 0 Å². The van der Waals surface area contributed by atoms with E-state index in [1.807, 2.05) is 0 Å². The lowest BCUT2D eigenvalue weighted by atomic mass is 10.0. The highest BCUT2D eigenvalue weighted by Crippen LogP contribution is 2.16. The summed E-state index contributed by atoms with van der Waals surface area (Å²) in [4.78, 5) is 43.1. The van der Waals surface area contributed by atoms with Crippen molar-refractivity contribution in [2.75, 3.05) is 26.7 Å². The quantitative estimate of drug-likeness (QED) is 0.553. The van der Waals surface area contributed by atoms with Crippen molar-refractivity contribution in [1.82, 2.24) is 15.3 Å². The van der Waals surface area contributed by atoms with Crippen molar-refractivity contribution in [2.45, 2.75) is 38.1 Å². The molecule has 0 saturated carbocycles. The monoisotopic (exact) mass is 283 g/mol. The number of nitrogens with zero attached hydrogens (tertiary/aromatic N) is 2. The van der Waals surface area contributed by atoms with E-state index < -0.39 is 6.04 Å². The van der Waals surface area contributed by atoms with Crippen LogP contribution in [-0.2, 0) is 19.2 Å². The minimum absolute atomic E-state index is 0.0148. The molecule has 0 aromatic rings. The number of likely N-dealkylation sites (N-methyl/N-ethyl adjacent to an activating group) is 1. The Kier molecular flexibility index (Phi) is 4.94. The number of hydroxylamine groups is 1. The van der Waals surface area contributed by atoms with E-state index in [1.54, 1.807) is 11.9 Å². The minimum atomic E-state index is -0.454. The lowest BCUT2D eigenvalue weighted by molar-refractivity contribution is -0.148. The maximum absolute atomic E-state index is 11.9. The van der Waals surface area contributed by atoms with Crippen LogP contribution < -0.4 is 5.48 Å². The van der Waals surface area contributed by atoms with Crippen molar-refractivity contribution in [2.24, 2.45) is 0 Å². The Morgan fingerprint density at radius 1 is 1.30 bits per heavy atom. The molecule has 0 aliphatic carbocycles. The summed E-state index contributed by atoms with van der Waals surface area (Å²) < 4.78 is 0. The normalized spacial score (nSPS) is 23.4. The van der Waals surface area contributed by atoms with Gasteiger partial charge in [0.2, 0.25) is 11.8 Å². The summed E-state index contributed by atoms with van der Waals surface area (Å²) >= 11 is 0. The largest absolute Gasteiger partial charge is 0.340 e. The molecule has 1 N–H and O–H groups in total. The molecule has 2 heterocycles. The zero-order valence-corrected chi connectivity index (χ0v) is 11.8. The van der Waals surface area contributed by atoms with Gasteiger partial charge in [0.15, 0.2) is 0 Å². The Labute approximate surface area is 118 Å². The first-order valence-corrected chi connectivity index (χ1v) is 7.04.